The Morgan fingerprint density at radius 1 is 1.19 bits per heavy atom. The molecule has 0 aliphatic carbocycles. The molecule has 16 heavy (non-hydrogen) atoms. The quantitative estimate of drug-likeness (QED) is 0.724. The second kappa shape index (κ2) is 3.77. The molecular formula is C13H11NO2. The van der Waals surface area contributed by atoms with Gasteiger partial charge in [0, 0.05) is 22.7 Å². The molecule has 0 atom stereocenters. The molecule has 0 spiro atoms. The molecular weight excluding hydrogens is 202 g/mol. The number of nitrogens with one attached hydrogen (secondary N) is 1. The van der Waals surface area contributed by atoms with Gasteiger partial charge in [0.1, 0.15) is 12.4 Å². The average molecular weight is 213 g/mol. The zero-order valence-electron chi connectivity index (χ0n) is 8.64. The molecule has 2 aromatic heterocycles. The Morgan fingerprint density at radius 2 is 2.19 bits per heavy atom. The predicted molar refractivity (Wildman–Crippen MR) is 61.3 cm³/mol. The Hall–Kier alpha value is -2.16. The smallest absolute Gasteiger partial charge is 0.120 e. The van der Waals surface area contributed by atoms with Crippen LogP contribution in [0.5, 0.6) is 5.75 Å². The van der Waals surface area contributed by atoms with Crippen molar-refractivity contribution in [1.82, 2.24) is 4.98 Å². The summed E-state index contributed by atoms with van der Waals surface area (Å²) in [6.07, 6.45) is 5.26. The lowest BCUT2D eigenvalue weighted by Crippen LogP contribution is -1.92. The van der Waals surface area contributed by atoms with E-state index in [9.17, 15) is 0 Å². The lowest BCUT2D eigenvalue weighted by molar-refractivity contribution is 0.305. The van der Waals surface area contributed by atoms with Crippen LogP contribution >= 0.6 is 0 Å². The standard InChI is InChI=1S/C13H11NO2/c1-2-13-11(3-5-14-13)7-12(1)16-9-10-4-6-15-8-10/h1-8,14H,9H2. The topological polar surface area (TPSA) is 38.2 Å². The largest absolute Gasteiger partial charge is 0.489 e. The molecule has 2 heterocycles. The van der Waals surface area contributed by atoms with Crippen molar-refractivity contribution in [3.05, 3.63) is 54.6 Å². The maximum absolute atomic E-state index is 5.65. The number of H-pyrrole nitrogens is 1. The van der Waals surface area contributed by atoms with Gasteiger partial charge in [0.25, 0.3) is 0 Å². The van der Waals surface area contributed by atoms with Crippen LogP contribution in [-0.4, -0.2) is 4.98 Å². The van der Waals surface area contributed by atoms with Crippen LogP contribution in [0, 0.1) is 0 Å². The third-order valence-corrected chi connectivity index (χ3v) is 2.51. The summed E-state index contributed by atoms with van der Waals surface area (Å²) in [5, 5.41) is 1.16. The first-order chi connectivity index (χ1) is 7.92. The summed E-state index contributed by atoms with van der Waals surface area (Å²) in [5.74, 6) is 0.869. The Labute approximate surface area is 92.7 Å². The molecule has 3 heteroatoms. The molecule has 1 N–H and O–H groups in total. The highest BCUT2D eigenvalue weighted by atomic mass is 16.5. The van der Waals surface area contributed by atoms with Crippen LogP contribution in [0.3, 0.4) is 0 Å². The van der Waals surface area contributed by atoms with E-state index in [1.165, 1.54) is 0 Å². The van der Waals surface area contributed by atoms with E-state index in [0.29, 0.717) is 6.61 Å². The van der Waals surface area contributed by atoms with Crippen LogP contribution in [0.4, 0.5) is 0 Å². The number of fused-ring (bicyclic) bond motifs is 1. The Morgan fingerprint density at radius 3 is 3.06 bits per heavy atom. The van der Waals surface area contributed by atoms with Crippen molar-refractivity contribution in [1.29, 1.82) is 0 Å². The molecule has 0 fully saturated rings. The summed E-state index contributed by atoms with van der Waals surface area (Å²) in [5.41, 5.74) is 2.16. The first kappa shape index (κ1) is 9.09. The molecule has 0 radical (unpaired) electrons. The second-order valence-electron chi connectivity index (χ2n) is 3.65. The van der Waals surface area contributed by atoms with E-state index in [1.54, 1.807) is 12.5 Å². The van der Waals surface area contributed by atoms with Crippen molar-refractivity contribution in [2.24, 2.45) is 0 Å². The van der Waals surface area contributed by atoms with Gasteiger partial charge in [0.15, 0.2) is 0 Å². The van der Waals surface area contributed by atoms with Gasteiger partial charge in [0.05, 0.1) is 12.5 Å². The van der Waals surface area contributed by atoms with Gasteiger partial charge in [-0.3, -0.25) is 0 Å². The van der Waals surface area contributed by atoms with Crippen LogP contribution in [0.15, 0.2) is 53.5 Å². The third kappa shape index (κ3) is 1.67. The maximum Gasteiger partial charge on any atom is 0.120 e. The SMILES string of the molecule is c1cc2cc(OCc3ccoc3)ccc2[nH]1. The van der Waals surface area contributed by atoms with Crippen molar-refractivity contribution in [3.8, 4) is 5.75 Å². The number of ether oxygens (including phenoxy) is 1. The van der Waals surface area contributed by atoms with Crippen LogP contribution in [-0.2, 0) is 6.61 Å². The lowest BCUT2D eigenvalue weighted by atomic mass is 10.2. The number of aromatic nitrogens is 1. The zero-order valence-corrected chi connectivity index (χ0v) is 8.64. The van der Waals surface area contributed by atoms with Crippen molar-refractivity contribution >= 4 is 10.9 Å². The second-order valence-corrected chi connectivity index (χ2v) is 3.65. The monoisotopic (exact) mass is 213 g/mol. The van der Waals surface area contributed by atoms with Gasteiger partial charge in [-0.25, -0.2) is 0 Å². The van der Waals surface area contributed by atoms with Crippen LogP contribution in [0.2, 0.25) is 0 Å². The molecule has 0 saturated heterocycles. The molecule has 3 nitrogen and oxygen atoms in total. The Bertz CT molecular complexity index is 581. The zero-order chi connectivity index (χ0) is 10.8. The number of rotatable bonds is 3. The summed E-state index contributed by atoms with van der Waals surface area (Å²) >= 11 is 0. The van der Waals surface area contributed by atoms with E-state index >= 15 is 0 Å². The first-order valence-corrected chi connectivity index (χ1v) is 5.13. The highest BCUT2D eigenvalue weighted by Gasteiger charge is 1.99. The number of benzene rings is 1. The minimum Gasteiger partial charge on any atom is -0.489 e. The summed E-state index contributed by atoms with van der Waals surface area (Å²) in [7, 11) is 0. The van der Waals surface area contributed by atoms with Crippen molar-refractivity contribution < 1.29 is 9.15 Å². The molecule has 0 aliphatic heterocycles. The molecule has 80 valence electrons. The number of hydrogen-bond donors (Lipinski definition) is 1. The normalized spacial score (nSPS) is 10.8. The molecule has 0 aliphatic rings. The Kier molecular flexibility index (Phi) is 2.14. The van der Waals surface area contributed by atoms with Crippen molar-refractivity contribution in [2.45, 2.75) is 6.61 Å². The molecule has 0 unspecified atom stereocenters. The van der Waals surface area contributed by atoms with E-state index in [1.807, 2.05) is 36.5 Å². The van der Waals surface area contributed by atoms with Gasteiger partial charge >= 0.3 is 0 Å². The first-order valence-electron chi connectivity index (χ1n) is 5.13. The van der Waals surface area contributed by atoms with Crippen molar-refractivity contribution in [3.63, 3.8) is 0 Å². The fourth-order valence-corrected chi connectivity index (χ4v) is 1.66. The van der Waals surface area contributed by atoms with Gasteiger partial charge in [-0.1, -0.05) is 0 Å². The third-order valence-electron chi connectivity index (χ3n) is 2.51. The van der Waals surface area contributed by atoms with Gasteiger partial charge < -0.3 is 14.1 Å². The molecule has 0 saturated carbocycles. The van der Waals surface area contributed by atoms with E-state index in [4.69, 9.17) is 9.15 Å². The molecule has 1 aromatic carbocycles. The van der Waals surface area contributed by atoms with Gasteiger partial charge in [-0.2, -0.15) is 0 Å². The molecule has 0 bridgehead atoms. The number of aromatic amines is 1. The highest BCUT2D eigenvalue weighted by molar-refractivity contribution is 5.80. The van der Waals surface area contributed by atoms with E-state index in [0.717, 1.165) is 22.2 Å². The summed E-state index contributed by atoms with van der Waals surface area (Å²) < 4.78 is 10.6. The fourth-order valence-electron chi connectivity index (χ4n) is 1.66. The highest BCUT2D eigenvalue weighted by Crippen LogP contribution is 2.20. The number of hydrogen-bond acceptors (Lipinski definition) is 2. The van der Waals surface area contributed by atoms with Gasteiger partial charge in [0.2, 0.25) is 0 Å². The Balaban J connectivity index is 1.78. The summed E-state index contributed by atoms with van der Waals surface area (Å²) in [6.45, 7) is 0.534. The van der Waals surface area contributed by atoms with Crippen molar-refractivity contribution in [2.75, 3.05) is 0 Å². The maximum atomic E-state index is 5.65. The summed E-state index contributed by atoms with van der Waals surface area (Å²) in [6, 6.07) is 9.92. The predicted octanol–water partition coefficient (Wildman–Crippen LogP) is 3.34. The number of furan rings is 1. The minimum atomic E-state index is 0.534. The fraction of sp³-hybridized carbons (Fsp3) is 0.0769. The van der Waals surface area contributed by atoms with Gasteiger partial charge in [-0.05, 0) is 30.3 Å². The van der Waals surface area contributed by atoms with Crippen LogP contribution in [0.1, 0.15) is 5.56 Å². The minimum absolute atomic E-state index is 0.534. The molecule has 0 amide bonds. The lowest BCUT2D eigenvalue weighted by Gasteiger charge is -2.04. The van der Waals surface area contributed by atoms with E-state index < -0.39 is 0 Å². The van der Waals surface area contributed by atoms with E-state index in [-0.39, 0.29) is 0 Å². The summed E-state index contributed by atoms with van der Waals surface area (Å²) in [4.78, 5) is 3.15. The molecule has 3 aromatic rings. The van der Waals surface area contributed by atoms with Crippen LogP contribution < -0.4 is 4.74 Å². The van der Waals surface area contributed by atoms with Gasteiger partial charge in [-0.15, -0.1) is 0 Å². The average Bonchev–Trinajstić information content (AvgIpc) is 2.97. The van der Waals surface area contributed by atoms with Crippen LogP contribution in [0.25, 0.3) is 10.9 Å². The van der Waals surface area contributed by atoms with E-state index in [2.05, 4.69) is 4.98 Å². The molecule has 3 rings (SSSR count).